The Morgan fingerprint density at radius 3 is 2.41 bits per heavy atom. The minimum atomic E-state index is -1.82. The third kappa shape index (κ3) is 4.82. The van der Waals surface area contributed by atoms with Crippen molar-refractivity contribution >= 4 is 8.32 Å². The van der Waals surface area contributed by atoms with Gasteiger partial charge in [-0.3, -0.25) is 0 Å². The number of nitrogens with zero attached hydrogens (tertiary/aromatic N) is 2. The minimum Gasteiger partial charge on any atom is -0.414 e. The zero-order chi connectivity index (χ0) is 19.9. The molecule has 0 spiro atoms. The zero-order valence-corrected chi connectivity index (χ0v) is 18.9. The van der Waals surface area contributed by atoms with Crippen molar-refractivity contribution in [2.24, 2.45) is 0 Å². The maximum atomic E-state index is 6.43. The van der Waals surface area contributed by atoms with Gasteiger partial charge in [0.15, 0.2) is 14.1 Å². The molecule has 2 fully saturated rings. The minimum absolute atomic E-state index is 0.0178. The van der Waals surface area contributed by atoms with Crippen molar-refractivity contribution in [2.75, 3.05) is 6.61 Å². The second kappa shape index (κ2) is 7.59. The predicted molar refractivity (Wildman–Crippen MR) is 107 cm³/mol. The SMILES string of the molecule is CC1(C)OC2C(O1)[C@@H](CO[Si](C)(C)C(C)(C)C)O[C@H]2CCCn1ccnc1. The summed E-state index contributed by atoms with van der Waals surface area (Å²) in [5.74, 6) is -0.559. The molecule has 3 heterocycles. The van der Waals surface area contributed by atoms with E-state index in [0.717, 1.165) is 19.4 Å². The molecule has 4 atom stereocenters. The molecule has 2 aliphatic heterocycles. The van der Waals surface area contributed by atoms with Gasteiger partial charge in [-0.2, -0.15) is 0 Å². The Kier molecular flexibility index (Phi) is 5.90. The summed E-state index contributed by atoms with van der Waals surface area (Å²) in [7, 11) is -1.82. The Balaban J connectivity index is 1.59. The van der Waals surface area contributed by atoms with Crippen LogP contribution in [0.4, 0.5) is 0 Å². The maximum Gasteiger partial charge on any atom is 0.192 e. The number of fused-ring (bicyclic) bond motifs is 1. The highest BCUT2D eigenvalue weighted by Crippen LogP contribution is 2.42. The molecule has 0 N–H and O–H groups in total. The number of hydrogen-bond acceptors (Lipinski definition) is 5. The van der Waals surface area contributed by atoms with Crippen molar-refractivity contribution in [3.05, 3.63) is 18.7 Å². The van der Waals surface area contributed by atoms with Gasteiger partial charge < -0.3 is 23.2 Å². The number of imidazole rings is 1. The van der Waals surface area contributed by atoms with Crippen molar-refractivity contribution in [1.82, 2.24) is 9.55 Å². The molecule has 0 saturated carbocycles. The first-order chi connectivity index (χ1) is 12.5. The van der Waals surface area contributed by atoms with Crippen LogP contribution in [0.25, 0.3) is 0 Å². The highest BCUT2D eigenvalue weighted by atomic mass is 28.4. The summed E-state index contributed by atoms with van der Waals surface area (Å²) < 4.78 is 27.3. The molecule has 3 rings (SSSR count). The van der Waals surface area contributed by atoms with E-state index in [4.69, 9.17) is 18.6 Å². The first-order valence-corrected chi connectivity index (χ1v) is 13.0. The molecule has 6 nitrogen and oxygen atoms in total. The lowest BCUT2D eigenvalue weighted by Gasteiger charge is -2.37. The number of hydrogen-bond donors (Lipinski definition) is 0. The summed E-state index contributed by atoms with van der Waals surface area (Å²) >= 11 is 0. The van der Waals surface area contributed by atoms with Crippen molar-refractivity contribution in [1.29, 1.82) is 0 Å². The number of aromatic nitrogens is 2. The fourth-order valence-corrected chi connectivity index (χ4v) is 4.55. The lowest BCUT2D eigenvalue weighted by molar-refractivity contribution is -0.190. The highest BCUT2D eigenvalue weighted by molar-refractivity contribution is 6.74. The fourth-order valence-electron chi connectivity index (χ4n) is 3.54. The van der Waals surface area contributed by atoms with Crippen molar-refractivity contribution in [3.8, 4) is 0 Å². The molecule has 154 valence electrons. The summed E-state index contributed by atoms with van der Waals surface area (Å²) in [6.07, 6.45) is 7.53. The lowest BCUT2D eigenvalue weighted by Crippen LogP contribution is -2.44. The molecule has 0 aliphatic carbocycles. The molecule has 2 unspecified atom stereocenters. The van der Waals surface area contributed by atoms with Crippen LogP contribution in [-0.4, -0.2) is 54.7 Å². The molecule has 0 bridgehead atoms. The molecule has 1 aromatic rings. The van der Waals surface area contributed by atoms with E-state index < -0.39 is 14.1 Å². The first-order valence-electron chi connectivity index (χ1n) is 10.1. The van der Waals surface area contributed by atoms with Crippen LogP contribution in [-0.2, 0) is 25.2 Å². The van der Waals surface area contributed by atoms with Crippen LogP contribution in [0, 0.1) is 0 Å². The molecular weight excluding hydrogens is 360 g/mol. The Morgan fingerprint density at radius 2 is 1.81 bits per heavy atom. The molecule has 27 heavy (non-hydrogen) atoms. The van der Waals surface area contributed by atoms with Crippen LogP contribution in [0.5, 0.6) is 0 Å². The van der Waals surface area contributed by atoms with Crippen LogP contribution in [0.15, 0.2) is 18.7 Å². The van der Waals surface area contributed by atoms with Gasteiger partial charge in [-0.25, -0.2) is 4.98 Å². The number of aryl methyl sites for hydroxylation is 1. The Morgan fingerprint density at radius 1 is 1.15 bits per heavy atom. The van der Waals surface area contributed by atoms with Gasteiger partial charge in [0.1, 0.15) is 18.3 Å². The van der Waals surface area contributed by atoms with Crippen molar-refractivity contribution in [2.45, 2.75) is 102 Å². The standard InChI is InChI=1S/C20H36N2O4Si/c1-19(2,3)27(6,7)23-13-16-18-17(25-20(4,5)26-18)15(24-16)9-8-11-22-12-10-21-14-22/h10,12,14-18H,8-9,11,13H2,1-7H3/t15-,16+,17?,18?/m0/s1. The van der Waals surface area contributed by atoms with Crippen LogP contribution < -0.4 is 0 Å². The topological polar surface area (TPSA) is 54.7 Å². The summed E-state index contributed by atoms with van der Waals surface area (Å²) in [5.41, 5.74) is 0. The Labute approximate surface area is 164 Å². The molecule has 2 aliphatic rings. The second-order valence-corrected chi connectivity index (χ2v) is 14.6. The summed E-state index contributed by atoms with van der Waals surface area (Å²) in [4.78, 5) is 4.10. The molecule has 1 aromatic heterocycles. The average molecular weight is 397 g/mol. The monoisotopic (exact) mass is 396 g/mol. The molecular formula is C20H36N2O4Si. The predicted octanol–water partition coefficient (Wildman–Crippen LogP) is 3.97. The van der Waals surface area contributed by atoms with Gasteiger partial charge in [-0.05, 0) is 44.8 Å². The molecule has 7 heteroatoms. The normalized spacial score (nSPS) is 30.6. The van der Waals surface area contributed by atoms with E-state index in [2.05, 4.69) is 43.4 Å². The van der Waals surface area contributed by atoms with Crippen LogP contribution >= 0.6 is 0 Å². The van der Waals surface area contributed by atoms with Gasteiger partial charge in [0, 0.05) is 18.9 Å². The summed E-state index contributed by atoms with van der Waals surface area (Å²) in [6, 6.07) is 0. The van der Waals surface area contributed by atoms with Gasteiger partial charge >= 0.3 is 0 Å². The molecule has 0 amide bonds. The van der Waals surface area contributed by atoms with Crippen molar-refractivity contribution < 1.29 is 18.6 Å². The van der Waals surface area contributed by atoms with E-state index in [1.165, 1.54) is 0 Å². The Bertz CT molecular complexity index is 612. The average Bonchev–Trinajstić information content (AvgIpc) is 3.21. The maximum absolute atomic E-state index is 6.43. The van der Waals surface area contributed by atoms with Crippen LogP contribution in [0.3, 0.4) is 0 Å². The van der Waals surface area contributed by atoms with E-state index in [0.29, 0.717) is 6.61 Å². The fraction of sp³-hybridized carbons (Fsp3) is 0.850. The third-order valence-corrected chi connectivity index (χ3v) is 10.6. The number of rotatable bonds is 7. The van der Waals surface area contributed by atoms with E-state index in [1.807, 2.05) is 32.6 Å². The van der Waals surface area contributed by atoms with Crippen molar-refractivity contribution in [3.63, 3.8) is 0 Å². The third-order valence-electron chi connectivity index (χ3n) is 6.12. The number of ether oxygens (including phenoxy) is 3. The summed E-state index contributed by atoms with van der Waals surface area (Å²) in [6.45, 7) is 16.8. The smallest absolute Gasteiger partial charge is 0.192 e. The van der Waals surface area contributed by atoms with Crippen LogP contribution in [0.2, 0.25) is 18.1 Å². The van der Waals surface area contributed by atoms with Gasteiger partial charge in [0.2, 0.25) is 0 Å². The second-order valence-electron chi connectivity index (χ2n) is 9.79. The quantitative estimate of drug-likeness (QED) is 0.653. The van der Waals surface area contributed by atoms with Crippen LogP contribution in [0.1, 0.15) is 47.5 Å². The summed E-state index contributed by atoms with van der Waals surface area (Å²) in [5, 5.41) is 0.182. The Hall–Kier alpha value is -0.733. The highest BCUT2D eigenvalue weighted by Gasteiger charge is 2.55. The van der Waals surface area contributed by atoms with E-state index in [9.17, 15) is 0 Å². The van der Waals surface area contributed by atoms with E-state index in [-0.39, 0.29) is 29.5 Å². The lowest BCUT2D eigenvalue weighted by atomic mass is 10.0. The van der Waals surface area contributed by atoms with Gasteiger partial charge in [0.25, 0.3) is 0 Å². The molecule has 0 aromatic carbocycles. The van der Waals surface area contributed by atoms with Gasteiger partial charge in [-0.1, -0.05) is 20.8 Å². The molecule has 2 saturated heterocycles. The largest absolute Gasteiger partial charge is 0.414 e. The molecule has 0 radical (unpaired) electrons. The van der Waals surface area contributed by atoms with E-state index in [1.54, 1.807) is 0 Å². The first kappa shape index (κ1) is 21.0. The zero-order valence-electron chi connectivity index (χ0n) is 17.9. The van der Waals surface area contributed by atoms with Gasteiger partial charge in [-0.15, -0.1) is 0 Å². The van der Waals surface area contributed by atoms with E-state index >= 15 is 0 Å². The van der Waals surface area contributed by atoms with Gasteiger partial charge in [0.05, 0.1) is 19.0 Å².